The van der Waals surface area contributed by atoms with Gasteiger partial charge in [0.05, 0.1) is 23.3 Å². The molecule has 1 saturated heterocycles. The molecule has 22 heavy (non-hydrogen) atoms. The minimum Gasteiger partial charge on any atom is -0.367 e. The lowest BCUT2D eigenvalue weighted by atomic mass is 10.2. The van der Waals surface area contributed by atoms with E-state index in [4.69, 9.17) is 0 Å². The number of hydrogen-bond donors (Lipinski definition) is 1. The van der Waals surface area contributed by atoms with E-state index in [-0.39, 0.29) is 5.82 Å². The lowest BCUT2D eigenvalue weighted by Crippen LogP contribution is -2.46. The summed E-state index contributed by atoms with van der Waals surface area (Å²) in [5, 5.41) is 4.15. The number of para-hydroxylation sites is 1. The molecular formula is C16H17FN4S. The molecule has 0 unspecified atom stereocenters. The van der Waals surface area contributed by atoms with Crippen LogP contribution in [-0.4, -0.2) is 41.0 Å². The van der Waals surface area contributed by atoms with Crippen LogP contribution in [0.1, 0.15) is 5.82 Å². The highest BCUT2D eigenvalue weighted by molar-refractivity contribution is 7.09. The second-order valence-electron chi connectivity index (χ2n) is 5.57. The lowest BCUT2D eigenvalue weighted by molar-refractivity contribution is 0.244. The summed E-state index contributed by atoms with van der Waals surface area (Å²) >= 11 is 1.66. The molecule has 0 spiro atoms. The molecule has 0 bridgehead atoms. The van der Waals surface area contributed by atoms with Gasteiger partial charge in [0.25, 0.3) is 0 Å². The van der Waals surface area contributed by atoms with Gasteiger partial charge >= 0.3 is 0 Å². The van der Waals surface area contributed by atoms with Crippen molar-refractivity contribution >= 4 is 28.1 Å². The highest BCUT2D eigenvalue weighted by Crippen LogP contribution is 2.21. The van der Waals surface area contributed by atoms with Gasteiger partial charge in [-0.25, -0.2) is 9.37 Å². The Labute approximate surface area is 132 Å². The number of aromatic amines is 1. The van der Waals surface area contributed by atoms with Crippen LogP contribution in [0.25, 0.3) is 11.0 Å². The van der Waals surface area contributed by atoms with Crippen LogP contribution in [0, 0.1) is 5.82 Å². The van der Waals surface area contributed by atoms with Gasteiger partial charge in [-0.05, 0) is 12.1 Å². The van der Waals surface area contributed by atoms with Gasteiger partial charge < -0.3 is 9.88 Å². The molecule has 1 fully saturated rings. The summed E-state index contributed by atoms with van der Waals surface area (Å²) in [5.74, 6) is 0.874. The summed E-state index contributed by atoms with van der Waals surface area (Å²) in [6.07, 6.45) is 0. The van der Waals surface area contributed by atoms with E-state index in [1.807, 2.05) is 12.1 Å². The number of H-pyrrole nitrogens is 1. The molecule has 6 heteroatoms. The van der Waals surface area contributed by atoms with Gasteiger partial charge in [-0.2, -0.15) is 0 Å². The Bertz CT molecular complexity index is 745. The third-order valence-corrected chi connectivity index (χ3v) is 4.85. The maximum atomic E-state index is 13.8. The molecule has 114 valence electrons. The molecule has 0 radical (unpaired) electrons. The van der Waals surface area contributed by atoms with Gasteiger partial charge in [-0.1, -0.05) is 12.1 Å². The normalized spacial score (nSPS) is 16.5. The van der Waals surface area contributed by atoms with Crippen molar-refractivity contribution in [1.82, 2.24) is 14.9 Å². The smallest absolute Gasteiger partial charge is 0.146 e. The number of anilines is 1. The van der Waals surface area contributed by atoms with Crippen LogP contribution in [0.2, 0.25) is 0 Å². The van der Waals surface area contributed by atoms with E-state index in [0.29, 0.717) is 5.69 Å². The number of halogens is 1. The third kappa shape index (κ3) is 2.60. The topological polar surface area (TPSA) is 35.2 Å². The quantitative estimate of drug-likeness (QED) is 0.806. The Kier molecular flexibility index (Phi) is 3.56. The zero-order valence-corrected chi connectivity index (χ0v) is 12.9. The van der Waals surface area contributed by atoms with Crippen molar-refractivity contribution in [2.75, 3.05) is 31.1 Å². The number of nitrogens with zero attached hydrogens (tertiary/aromatic N) is 3. The molecule has 1 aliphatic heterocycles. The Hall–Kier alpha value is -1.92. The van der Waals surface area contributed by atoms with Crippen LogP contribution in [0.3, 0.4) is 0 Å². The predicted molar refractivity (Wildman–Crippen MR) is 87.9 cm³/mol. The number of piperazine rings is 1. The van der Waals surface area contributed by atoms with Crippen molar-refractivity contribution in [3.63, 3.8) is 0 Å². The molecule has 3 heterocycles. The maximum absolute atomic E-state index is 13.8. The molecule has 1 N–H and O–H groups in total. The monoisotopic (exact) mass is 316 g/mol. The Morgan fingerprint density at radius 1 is 1.14 bits per heavy atom. The van der Waals surface area contributed by atoms with E-state index in [2.05, 4.69) is 30.5 Å². The second-order valence-corrected chi connectivity index (χ2v) is 6.31. The molecule has 0 aliphatic carbocycles. The number of rotatable bonds is 3. The van der Waals surface area contributed by atoms with E-state index < -0.39 is 0 Å². The van der Waals surface area contributed by atoms with Crippen LogP contribution in [-0.2, 0) is 6.54 Å². The SMILES string of the molecule is Fc1ccccc1N1CCN(Cc2nc3cscc3[nH]2)CC1. The first kappa shape index (κ1) is 13.7. The van der Waals surface area contributed by atoms with E-state index >= 15 is 0 Å². The van der Waals surface area contributed by atoms with Gasteiger partial charge in [-0.15, -0.1) is 11.3 Å². The fourth-order valence-corrected chi connectivity index (χ4v) is 3.63. The number of aromatic nitrogens is 2. The molecular weight excluding hydrogens is 299 g/mol. The largest absolute Gasteiger partial charge is 0.367 e. The number of nitrogens with one attached hydrogen (secondary N) is 1. The molecule has 3 aromatic rings. The van der Waals surface area contributed by atoms with Gasteiger partial charge in [0.1, 0.15) is 11.6 Å². The van der Waals surface area contributed by atoms with E-state index in [1.165, 1.54) is 6.07 Å². The zero-order chi connectivity index (χ0) is 14.9. The molecule has 4 rings (SSSR count). The standard InChI is InChI=1S/C16H17FN4S/c17-12-3-1-2-4-15(12)21-7-5-20(6-8-21)9-16-18-13-10-22-11-14(13)19-16/h1-4,10-11H,5-9H2,(H,18,19). The van der Waals surface area contributed by atoms with E-state index in [0.717, 1.165) is 49.6 Å². The van der Waals surface area contributed by atoms with Gasteiger partial charge in [0.2, 0.25) is 0 Å². The number of benzene rings is 1. The van der Waals surface area contributed by atoms with Crippen molar-refractivity contribution < 1.29 is 4.39 Å². The number of thiophene rings is 1. The first-order valence-electron chi connectivity index (χ1n) is 7.42. The summed E-state index contributed by atoms with van der Waals surface area (Å²) in [4.78, 5) is 12.4. The number of fused-ring (bicyclic) bond motifs is 1. The summed E-state index contributed by atoms with van der Waals surface area (Å²) in [7, 11) is 0. The molecule has 2 aromatic heterocycles. The van der Waals surface area contributed by atoms with Crippen molar-refractivity contribution in [1.29, 1.82) is 0 Å². The average Bonchev–Trinajstić information content (AvgIpc) is 3.10. The van der Waals surface area contributed by atoms with E-state index in [1.54, 1.807) is 17.4 Å². The molecule has 1 aromatic carbocycles. The minimum absolute atomic E-state index is 0.137. The zero-order valence-electron chi connectivity index (χ0n) is 12.1. The van der Waals surface area contributed by atoms with Crippen molar-refractivity contribution in [2.24, 2.45) is 0 Å². The van der Waals surface area contributed by atoms with E-state index in [9.17, 15) is 4.39 Å². The van der Waals surface area contributed by atoms with Crippen LogP contribution < -0.4 is 4.90 Å². The fourth-order valence-electron chi connectivity index (χ4n) is 2.94. The van der Waals surface area contributed by atoms with Crippen LogP contribution in [0.5, 0.6) is 0 Å². The molecule has 1 aliphatic rings. The van der Waals surface area contributed by atoms with Gasteiger partial charge in [0, 0.05) is 36.9 Å². The van der Waals surface area contributed by atoms with Crippen LogP contribution in [0.15, 0.2) is 35.0 Å². The summed E-state index contributed by atoms with van der Waals surface area (Å²) < 4.78 is 13.8. The van der Waals surface area contributed by atoms with Crippen LogP contribution >= 0.6 is 11.3 Å². The second kappa shape index (κ2) is 5.70. The number of hydrogen-bond acceptors (Lipinski definition) is 4. The lowest BCUT2D eigenvalue weighted by Gasteiger charge is -2.35. The first-order valence-corrected chi connectivity index (χ1v) is 8.36. The number of imidazole rings is 1. The maximum Gasteiger partial charge on any atom is 0.146 e. The highest BCUT2D eigenvalue weighted by atomic mass is 32.1. The highest BCUT2D eigenvalue weighted by Gasteiger charge is 2.20. The molecule has 0 saturated carbocycles. The fraction of sp³-hybridized carbons (Fsp3) is 0.312. The minimum atomic E-state index is -0.137. The summed E-state index contributed by atoms with van der Waals surface area (Å²) in [6.45, 7) is 4.35. The van der Waals surface area contributed by atoms with Gasteiger partial charge in [0.15, 0.2) is 0 Å². The Balaban J connectivity index is 1.39. The molecule has 0 amide bonds. The predicted octanol–water partition coefficient (Wildman–Crippen LogP) is 3.09. The van der Waals surface area contributed by atoms with Gasteiger partial charge in [-0.3, -0.25) is 4.90 Å². The van der Waals surface area contributed by atoms with Crippen molar-refractivity contribution in [2.45, 2.75) is 6.54 Å². The molecule has 4 nitrogen and oxygen atoms in total. The van der Waals surface area contributed by atoms with Crippen molar-refractivity contribution in [3.8, 4) is 0 Å². The van der Waals surface area contributed by atoms with Crippen LogP contribution in [0.4, 0.5) is 10.1 Å². The average molecular weight is 316 g/mol. The summed E-state index contributed by atoms with van der Waals surface area (Å²) in [6, 6.07) is 7.00. The Morgan fingerprint density at radius 2 is 1.95 bits per heavy atom. The third-order valence-electron chi connectivity index (χ3n) is 4.11. The molecule has 0 atom stereocenters. The Morgan fingerprint density at radius 3 is 2.73 bits per heavy atom. The van der Waals surface area contributed by atoms with Crippen molar-refractivity contribution in [3.05, 3.63) is 46.7 Å². The summed E-state index contributed by atoms with van der Waals surface area (Å²) in [5.41, 5.74) is 2.87. The first-order chi connectivity index (χ1) is 10.8.